The molecule has 3 rings (SSSR count). The third-order valence-electron chi connectivity index (χ3n) is 5.33. The number of aromatic nitrogens is 1. The molecule has 0 radical (unpaired) electrons. The largest absolute Gasteiger partial charge is 0.490 e. The molecule has 1 aromatic heterocycles. The maximum absolute atomic E-state index is 14.4. The third-order valence-corrected chi connectivity index (χ3v) is 5.33. The lowest BCUT2D eigenvalue weighted by atomic mass is 9.86. The first-order valence-electron chi connectivity index (χ1n) is 10.4. The van der Waals surface area contributed by atoms with Crippen LogP contribution in [0.4, 0.5) is 14.5 Å². The van der Waals surface area contributed by atoms with E-state index in [0.717, 1.165) is 6.07 Å². The molecule has 2 aromatic rings. The van der Waals surface area contributed by atoms with Crippen LogP contribution in [0, 0.1) is 11.6 Å². The number of pyridine rings is 1. The quantitative estimate of drug-likeness (QED) is 0.671. The summed E-state index contributed by atoms with van der Waals surface area (Å²) in [5.41, 5.74) is 0.708. The van der Waals surface area contributed by atoms with Gasteiger partial charge in [-0.25, -0.2) is 4.39 Å². The van der Waals surface area contributed by atoms with Crippen LogP contribution >= 0.6 is 0 Å². The smallest absolute Gasteiger partial charge is 0.254 e. The average molecular weight is 434 g/mol. The van der Waals surface area contributed by atoms with Crippen LogP contribution in [0.1, 0.15) is 63.8 Å². The van der Waals surface area contributed by atoms with Crippen LogP contribution in [-0.2, 0) is 9.53 Å². The van der Waals surface area contributed by atoms with Crippen LogP contribution in [0.3, 0.4) is 0 Å². The van der Waals surface area contributed by atoms with Crippen molar-refractivity contribution in [1.29, 1.82) is 0 Å². The van der Waals surface area contributed by atoms with Gasteiger partial charge in [-0.2, -0.15) is 4.39 Å². The number of rotatable bonds is 7. The second-order valence-electron chi connectivity index (χ2n) is 8.21. The average Bonchev–Trinajstić information content (AvgIpc) is 3.07. The summed E-state index contributed by atoms with van der Waals surface area (Å²) in [6.45, 7) is 7.37. The topological polar surface area (TPSA) is 80.7 Å². The summed E-state index contributed by atoms with van der Waals surface area (Å²) in [6, 6.07) is 5.78. The first kappa shape index (κ1) is 23.1. The SMILES string of the molecule is CCOc1c([C@H]2CC(C)(C)O[C@@H]2C(=O)Nc2ccc([C@@H](O)CC)nc2)ccc(F)c1F. The van der Waals surface area contributed by atoms with E-state index in [4.69, 9.17) is 9.47 Å². The van der Waals surface area contributed by atoms with Crippen molar-refractivity contribution in [1.82, 2.24) is 4.98 Å². The van der Waals surface area contributed by atoms with Crippen molar-refractivity contribution in [2.45, 2.75) is 64.3 Å². The van der Waals surface area contributed by atoms with Crippen molar-refractivity contribution in [3.63, 3.8) is 0 Å². The molecule has 3 atom stereocenters. The van der Waals surface area contributed by atoms with E-state index in [0.29, 0.717) is 29.8 Å². The Morgan fingerprint density at radius 2 is 2.06 bits per heavy atom. The predicted molar refractivity (Wildman–Crippen MR) is 112 cm³/mol. The first-order valence-corrected chi connectivity index (χ1v) is 10.4. The maximum atomic E-state index is 14.4. The number of ether oxygens (including phenoxy) is 2. The number of amides is 1. The van der Waals surface area contributed by atoms with E-state index in [9.17, 15) is 18.7 Å². The van der Waals surface area contributed by atoms with Crippen LogP contribution in [0.15, 0.2) is 30.5 Å². The molecule has 31 heavy (non-hydrogen) atoms. The van der Waals surface area contributed by atoms with Crippen molar-refractivity contribution in [2.24, 2.45) is 0 Å². The number of nitrogens with one attached hydrogen (secondary N) is 1. The number of benzene rings is 1. The van der Waals surface area contributed by atoms with Gasteiger partial charge in [0.05, 0.1) is 35.9 Å². The lowest BCUT2D eigenvalue weighted by molar-refractivity contribution is -0.130. The molecule has 168 valence electrons. The number of aliphatic hydroxyl groups is 1. The zero-order chi connectivity index (χ0) is 22.8. The minimum Gasteiger partial charge on any atom is -0.490 e. The maximum Gasteiger partial charge on any atom is 0.254 e. The molecule has 1 aromatic carbocycles. The van der Waals surface area contributed by atoms with Gasteiger partial charge in [0.1, 0.15) is 6.10 Å². The summed E-state index contributed by atoms with van der Waals surface area (Å²) in [4.78, 5) is 17.2. The van der Waals surface area contributed by atoms with Crippen molar-refractivity contribution >= 4 is 11.6 Å². The van der Waals surface area contributed by atoms with Gasteiger partial charge < -0.3 is 19.9 Å². The molecule has 0 bridgehead atoms. The molecule has 0 spiro atoms. The number of nitrogens with zero attached hydrogens (tertiary/aromatic N) is 1. The second-order valence-corrected chi connectivity index (χ2v) is 8.21. The Balaban J connectivity index is 1.87. The fourth-order valence-corrected chi connectivity index (χ4v) is 3.85. The highest BCUT2D eigenvalue weighted by Crippen LogP contribution is 2.45. The van der Waals surface area contributed by atoms with Crippen molar-refractivity contribution in [3.05, 3.63) is 53.4 Å². The molecule has 0 unspecified atom stereocenters. The molecular weight excluding hydrogens is 406 g/mol. The number of hydrogen-bond acceptors (Lipinski definition) is 5. The number of carbonyl (C=O) groups is 1. The van der Waals surface area contributed by atoms with Crippen LogP contribution in [0.2, 0.25) is 0 Å². The van der Waals surface area contributed by atoms with E-state index in [1.54, 1.807) is 19.1 Å². The molecule has 8 heteroatoms. The van der Waals surface area contributed by atoms with Gasteiger partial charge in [-0.05, 0) is 51.8 Å². The van der Waals surface area contributed by atoms with Gasteiger partial charge in [-0.3, -0.25) is 9.78 Å². The zero-order valence-corrected chi connectivity index (χ0v) is 18.1. The molecule has 6 nitrogen and oxygen atoms in total. The Hall–Kier alpha value is -2.58. The van der Waals surface area contributed by atoms with E-state index in [-0.39, 0.29) is 12.4 Å². The van der Waals surface area contributed by atoms with Crippen LogP contribution in [-0.4, -0.2) is 34.3 Å². The number of carbonyl (C=O) groups excluding carboxylic acids is 1. The van der Waals surface area contributed by atoms with Crippen LogP contribution in [0.5, 0.6) is 5.75 Å². The molecule has 2 heterocycles. The number of halogens is 2. The molecular formula is C23H28F2N2O4. The number of hydrogen-bond donors (Lipinski definition) is 2. The third kappa shape index (κ3) is 5.02. The van der Waals surface area contributed by atoms with E-state index in [1.165, 1.54) is 12.3 Å². The van der Waals surface area contributed by atoms with Gasteiger partial charge in [0, 0.05) is 11.5 Å². The Kier molecular flexibility index (Phi) is 6.91. The summed E-state index contributed by atoms with van der Waals surface area (Å²) in [5.74, 6) is -3.22. The van der Waals surface area contributed by atoms with Gasteiger partial charge in [-0.15, -0.1) is 0 Å². The summed E-state index contributed by atoms with van der Waals surface area (Å²) in [5, 5.41) is 12.6. The van der Waals surface area contributed by atoms with Crippen LogP contribution in [0.25, 0.3) is 0 Å². The molecule has 2 N–H and O–H groups in total. The van der Waals surface area contributed by atoms with Gasteiger partial charge in [0.2, 0.25) is 5.82 Å². The number of anilines is 1. The van der Waals surface area contributed by atoms with Gasteiger partial charge in [0.15, 0.2) is 11.6 Å². The minimum atomic E-state index is -1.07. The zero-order valence-electron chi connectivity index (χ0n) is 18.1. The lowest BCUT2D eigenvalue weighted by Gasteiger charge is -2.21. The lowest BCUT2D eigenvalue weighted by Crippen LogP contribution is -2.33. The summed E-state index contributed by atoms with van der Waals surface area (Å²) in [6.07, 6.45) is 0.820. The fourth-order valence-electron chi connectivity index (χ4n) is 3.85. The van der Waals surface area contributed by atoms with Crippen molar-refractivity contribution in [3.8, 4) is 5.75 Å². The Bertz CT molecular complexity index is 934. The van der Waals surface area contributed by atoms with Crippen molar-refractivity contribution in [2.75, 3.05) is 11.9 Å². The number of aliphatic hydroxyl groups excluding tert-OH is 1. The van der Waals surface area contributed by atoms with E-state index >= 15 is 0 Å². The predicted octanol–water partition coefficient (Wildman–Crippen LogP) is 4.49. The fraction of sp³-hybridized carbons (Fsp3) is 0.478. The monoisotopic (exact) mass is 434 g/mol. The van der Waals surface area contributed by atoms with E-state index < -0.39 is 41.3 Å². The van der Waals surface area contributed by atoms with Gasteiger partial charge >= 0.3 is 0 Å². The highest BCUT2D eigenvalue weighted by molar-refractivity contribution is 5.95. The molecule has 1 fully saturated rings. The normalized spacial score (nSPS) is 21.0. The Morgan fingerprint density at radius 1 is 1.32 bits per heavy atom. The van der Waals surface area contributed by atoms with Crippen molar-refractivity contribution < 1.29 is 28.2 Å². The molecule has 0 saturated carbocycles. The van der Waals surface area contributed by atoms with E-state index in [2.05, 4.69) is 10.3 Å². The molecule has 1 saturated heterocycles. The molecule has 1 aliphatic heterocycles. The van der Waals surface area contributed by atoms with Crippen LogP contribution < -0.4 is 10.1 Å². The highest BCUT2D eigenvalue weighted by Gasteiger charge is 2.46. The summed E-state index contributed by atoms with van der Waals surface area (Å²) in [7, 11) is 0. The summed E-state index contributed by atoms with van der Waals surface area (Å²) < 4.78 is 39.6. The minimum absolute atomic E-state index is 0.156. The first-order chi connectivity index (χ1) is 14.7. The Morgan fingerprint density at radius 3 is 2.68 bits per heavy atom. The Labute approximate surface area is 180 Å². The van der Waals surface area contributed by atoms with E-state index in [1.807, 2.05) is 20.8 Å². The second kappa shape index (κ2) is 9.28. The standard InChI is InChI=1S/C23H28F2N2O4/c1-5-18(28)17-10-7-13(12-26-17)27-22(29)21-15(11-23(3,4)31-21)14-8-9-16(24)19(25)20(14)30-6-2/h7-10,12,15,18,21,28H,5-6,11H2,1-4H3,(H,27,29)/t15-,18+,21+/m1/s1. The van der Waals surface area contributed by atoms with Gasteiger partial charge in [0.25, 0.3) is 5.91 Å². The molecule has 0 aliphatic carbocycles. The van der Waals surface area contributed by atoms with Gasteiger partial charge in [-0.1, -0.05) is 13.0 Å². The highest BCUT2D eigenvalue weighted by atomic mass is 19.2. The molecule has 1 aliphatic rings. The molecule has 1 amide bonds. The summed E-state index contributed by atoms with van der Waals surface area (Å²) >= 11 is 0.